The Balaban J connectivity index is 1.48. The fraction of sp³-hybridized carbons (Fsp3) is 0.375. The SMILES string of the molecule is C[C@@H](Oc1cc(-c2cnn(C3CCN(C(=O)CCN)CC3)c2)cnc1N)c1c(Cl)ccc(F)c1Cl. The number of likely N-dealkylation sites (tertiary alicyclic amines) is 1. The first-order valence-corrected chi connectivity index (χ1v) is 12.1. The van der Waals surface area contributed by atoms with Gasteiger partial charge in [0, 0.05) is 60.2 Å². The third-order valence-electron chi connectivity index (χ3n) is 6.16. The number of nitrogen functional groups attached to an aromatic ring is 1. The van der Waals surface area contributed by atoms with Crippen molar-refractivity contribution in [2.45, 2.75) is 38.3 Å². The van der Waals surface area contributed by atoms with Crippen molar-refractivity contribution in [3.8, 4) is 16.9 Å². The average Bonchev–Trinajstić information content (AvgIpc) is 3.34. The highest BCUT2D eigenvalue weighted by atomic mass is 35.5. The maximum Gasteiger partial charge on any atom is 0.223 e. The van der Waals surface area contributed by atoms with Gasteiger partial charge < -0.3 is 21.1 Å². The van der Waals surface area contributed by atoms with Crippen LogP contribution in [0.15, 0.2) is 36.8 Å². The first-order valence-electron chi connectivity index (χ1n) is 11.4. The van der Waals surface area contributed by atoms with E-state index in [4.69, 9.17) is 39.4 Å². The predicted octanol–water partition coefficient (Wildman–Crippen LogP) is 4.63. The molecule has 1 fully saturated rings. The van der Waals surface area contributed by atoms with Crippen LogP contribution in [0.2, 0.25) is 10.0 Å². The highest BCUT2D eigenvalue weighted by Gasteiger charge is 2.24. The van der Waals surface area contributed by atoms with Gasteiger partial charge in [0.1, 0.15) is 11.9 Å². The van der Waals surface area contributed by atoms with Crippen molar-refractivity contribution >= 4 is 34.9 Å². The second-order valence-corrected chi connectivity index (χ2v) is 9.27. The first-order chi connectivity index (χ1) is 16.8. The minimum atomic E-state index is -0.667. The summed E-state index contributed by atoms with van der Waals surface area (Å²) in [7, 11) is 0. The van der Waals surface area contributed by atoms with E-state index in [2.05, 4.69) is 10.1 Å². The van der Waals surface area contributed by atoms with Gasteiger partial charge >= 0.3 is 0 Å². The van der Waals surface area contributed by atoms with Crippen molar-refractivity contribution in [2.75, 3.05) is 25.4 Å². The van der Waals surface area contributed by atoms with Crippen LogP contribution in [0.25, 0.3) is 11.1 Å². The lowest BCUT2D eigenvalue weighted by molar-refractivity contribution is -0.132. The number of hydrogen-bond donors (Lipinski definition) is 2. The fourth-order valence-corrected chi connectivity index (χ4v) is 4.90. The second-order valence-electron chi connectivity index (χ2n) is 8.48. The molecule has 186 valence electrons. The fourth-order valence-electron chi connectivity index (χ4n) is 4.22. The van der Waals surface area contributed by atoms with Crippen LogP contribution in [0.4, 0.5) is 10.2 Å². The van der Waals surface area contributed by atoms with E-state index in [0.717, 1.165) is 24.0 Å². The third kappa shape index (κ3) is 5.52. The van der Waals surface area contributed by atoms with Crippen LogP contribution in [-0.2, 0) is 4.79 Å². The van der Waals surface area contributed by atoms with E-state index in [0.29, 0.717) is 42.4 Å². The number of carbonyl (C=O) groups excluding carboxylic acids is 1. The van der Waals surface area contributed by atoms with Crippen molar-refractivity contribution in [1.82, 2.24) is 19.7 Å². The molecule has 8 nitrogen and oxygen atoms in total. The number of aromatic nitrogens is 3. The Bertz CT molecular complexity index is 1210. The van der Waals surface area contributed by atoms with Crippen LogP contribution in [0, 0.1) is 5.82 Å². The molecule has 1 aliphatic heterocycles. The molecule has 3 heterocycles. The number of halogens is 3. The minimum absolute atomic E-state index is 0.0928. The van der Waals surface area contributed by atoms with Gasteiger partial charge in [-0.1, -0.05) is 23.2 Å². The molecule has 11 heteroatoms. The van der Waals surface area contributed by atoms with E-state index in [-0.39, 0.29) is 22.8 Å². The smallest absolute Gasteiger partial charge is 0.223 e. The molecule has 1 atom stereocenters. The van der Waals surface area contributed by atoms with Gasteiger partial charge in [0.25, 0.3) is 0 Å². The van der Waals surface area contributed by atoms with Gasteiger partial charge in [-0.05, 0) is 38.0 Å². The van der Waals surface area contributed by atoms with Crippen molar-refractivity contribution < 1.29 is 13.9 Å². The molecule has 0 saturated carbocycles. The number of piperidine rings is 1. The maximum absolute atomic E-state index is 14.0. The Morgan fingerprint density at radius 3 is 2.71 bits per heavy atom. The van der Waals surface area contributed by atoms with Gasteiger partial charge in [0.05, 0.1) is 17.3 Å². The molecule has 0 spiro atoms. The van der Waals surface area contributed by atoms with E-state index in [1.807, 2.05) is 15.8 Å². The van der Waals surface area contributed by atoms with Gasteiger partial charge in [-0.3, -0.25) is 9.48 Å². The maximum atomic E-state index is 14.0. The summed E-state index contributed by atoms with van der Waals surface area (Å²) < 4.78 is 21.9. The molecular formula is C24H27Cl2FN6O2. The highest BCUT2D eigenvalue weighted by molar-refractivity contribution is 6.36. The zero-order valence-electron chi connectivity index (χ0n) is 19.3. The topological polar surface area (TPSA) is 112 Å². The molecular weight excluding hydrogens is 494 g/mol. The van der Waals surface area contributed by atoms with Gasteiger partial charge in [-0.25, -0.2) is 9.37 Å². The van der Waals surface area contributed by atoms with Crippen LogP contribution in [0.3, 0.4) is 0 Å². The van der Waals surface area contributed by atoms with Gasteiger partial charge in [0.15, 0.2) is 11.6 Å². The second kappa shape index (κ2) is 10.8. The van der Waals surface area contributed by atoms with E-state index in [9.17, 15) is 9.18 Å². The van der Waals surface area contributed by atoms with Gasteiger partial charge in [-0.2, -0.15) is 5.10 Å². The van der Waals surface area contributed by atoms with Gasteiger partial charge in [0.2, 0.25) is 5.91 Å². The summed E-state index contributed by atoms with van der Waals surface area (Å²) in [6.07, 6.45) is 6.69. The first kappa shape index (κ1) is 25.2. The number of ether oxygens (including phenoxy) is 1. The summed E-state index contributed by atoms with van der Waals surface area (Å²) in [5.74, 6) is 0.0306. The number of anilines is 1. The molecule has 0 radical (unpaired) electrons. The van der Waals surface area contributed by atoms with Crippen molar-refractivity contribution in [1.29, 1.82) is 0 Å². The lowest BCUT2D eigenvalue weighted by Crippen LogP contribution is -2.39. The molecule has 3 aromatic rings. The lowest BCUT2D eigenvalue weighted by atomic mass is 10.0. The molecule has 0 aliphatic carbocycles. The summed E-state index contributed by atoms with van der Waals surface area (Å²) in [5.41, 5.74) is 13.5. The molecule has 2 aromatic heterocycles. The molecule has 4 N–H and O–H groups in total. The van der Waals surface area contributed by atoms with Crippen LogP contribution in [0.1, 0.15) is 43.9 Å². The highest BCUT2D eigenvalue weighted by Crippen LogP contribution is 2.37. The number of carbonyl (C=O) groups is 1. The van der Waals surface area contributed by atoms with Crippen LogP contribution < -0.4 is 16.2 Å². The summed E-state index contributed by atoms with van der Waals surface area (Å²) in [6, 6.07) is 4.59. The standard InChI is InChI=1S/C24H27Cl2FN6O2/c1-14(22-18(25)2-3-19(27)23(22)26)35-20-10-15(11-30-24(20)29)16-12-31-33(13-16)17-5-8-32(9-6-17)21(34)4-7-28/h2-3,10-14,17H,4-9,28H2,1H3,(H2,29,30)/t14-/m1/s1. The summed E-state index contributed by atoms with van der Waals surface area (Å²) >= 11 is 12.4. The molecule has 1 amide bonds. The molecule has 1 aromatic carbocycles. The van der Waals surface area contributed by atoms with Crippen LogP contribution in [0.5, 0.6) is 5.75 Å². The number of nitrogens with zero attached hydrogens (tertiary/aromatic N) is 4. The zero-order chi connectivity index (χ0) is 25.1. The Morgan fingerprint density at radius 2 is 2.00 bits per heavy atom. The van der Waals surface area contributed by atoms with Crippen LogP contribution in [-0.4, -0.2) is 45.2 Å². The van der Waals surface area contributed by atoms with Gasteiger partial charge in [-0.15, -0.1) is 0 Å². The number of nitrogens with two attached hydrogens (primary N) is 2. The normalized spacial score (nSPS) is 15.3. The minimum Gasteiger partial charge on any atom is -0.482 e. The van der Waals surface area contributed by atoms with E-state index in [1.165, 1.54) is 12.1 Å². The van der Waals surface area contributed by atoms with E-state index in [1.54, 1.807) is 25.4 Å². The quantitative estimate of drug-likeness (QED) is 0.439. The molecule has 1 aliphatic rings. The molecule has 4 rings (SSSR count). The summed E-state index contributed by atoms with van der Waals surface area (Å²) in [4.78, 5) is 18.2. The molecule has 35 heavy (non-hydrogen) atoms. The Labute approximate surface area is 213 Å². The van der Waals surface area contributed by atoms with Crippen molar-refractivity contribution in [3.05, 3.63) is 58.2 Å². The average molecular weight is 521 g/mol. The zero-order valence-corrected chi connectivity index (χ0v) is 20.8. The van der Waals surface area contributed by atoms with Crippen LogP contribution >= 0.6 is 23.2 Å². The largest absolute Gasteiger partial charge is 0.482 e. The number of benzene rings is 1. The Kier molecular flexibility index (Phi) is 7.78. The summed E-state index contributed by atoms with van der Waals surface area (Å²) in [5, 5.41) is 4.73. The number of amides is 1. The number of pyridine rings is 1. The monoisotopic (exact) mass is 520 g/mol. The van der Waals surface area contributed by atoms with E-state index < -0.39 is 11.9 Å². The Morgan fingerprint density at radius 1 is 1.26 bits per heavy atom. The molecule has 1 saturated heterocycles. The predicted molar refractivity (Wildman–Crippen MR) is 134 cm³/mol. The number of rotatable bonds is 7. The Hall–Kier alpha value is -2.88. The molecule has 0 bridgehead atoms. The third-order valence-corrected chi connectivity index (χ3v) is 6.87. The van der Waals surface area contributed by atoms with Crippen molar-refractivity contribution in [2.24, 2.45) is 5.73 Å². The van der Waals surface area contributed by atoms with Crippen molar-refractivity contribution in [3.63, 3.8) is 0 Å². The summed E-state index contributed by atoms with van der Waals surface area (Å²) in [6.45, 7) is 3.44. The lowest BCUT2D eigenvalue weighted by Gasteiger charge is -2.32. The molecule has 0 unspecified atom stereocenters. The number of hydrogen-bond acceptors (Lipinski definition) is 6. The van der Waals surface area contributed by atoms with E-state index >= 15 is 0 Å².